The average Bonchev–Trinajstić information content (AvgIpc) is 2.54. The van der Waals surface area contributed by atoms with Crippen molar-refractivity contribution in [1.82, 2.24) is 0 Å². The Bertz CT molecular complexity index is 689. The van der Waals surface area contributed by atoms with Crippen LogP contribution in [0.15, 0.2) is 48.5 Å². The van der Waals surface area contributed by atoms with E-state index in [9.17, 15) is 13.6 Å². The second-order valence-corrected chi connectivity index (χ2v) is 5.56. The lowest BCUT2D eigenvalue weighted by Gasteiger charge is -2.12. The van der Waals surface area contributed by atoms with Crippen molar-refractivity contribution in [2.24, 2.45) is 5.92 Å². The van der Waals surface area contributed by atoms with Gasteiger partial charge in [0.25, 0.3) is 5.91 Å². The molecular formula is C18H19F2NO3. The van der Waals surface area contributed by atoms with Crippen molar-refractivity contribution in [3.63, 3.8) is 0 Å². The summed E-state index contributed by atoms with van der Waals surface area (Å²) >= 11 is 0. The van der Waals surface area contributed by atoms with Crippen molar-refractivity contribution in [2.75, 3.05) is 11.9 Å². The molecule has 0 bridgehead atoms. The van der Waals surface area contributed by atoms with Crippen molar-refractivity contribution in [1.29, 1.82) is 0 Å². The van der Waals surface area contributed by atoms with Gasteiger partial charge in [0.05, 0.1) is 12.3 Å². The summed E-state index contributed by atoms with van der Waals surface area (Å²) in [6, 6.07) is 12.7. The van der Waals surface area contributed by atoms with E-state index in [1.54, 1.807) is 36.4 Å². The molecule has 0 aliphatic heterocycles. The maximum Gasteiger partial charge on any atom is 0.387 e. The van der Waals surface area contributed by atoms with Gasteiger partial charge in [0, 0.05) is 5.56 Å². The fourth-order valence-corrected chi connectivity index (χ4v) is 1.95. The number of carbonyl (C=O) groups excluding carboxylic acids is 1. The van der Waals surface area contributed by atoms with Crippen molar-refractivity contribution in [2.45, 2.75) is 20.5 Å². The van der Waals surface area contributed by atoms with Crippen molar-refractivity contribution in [3.05, 3.63) is 54.1 Å². The van der Waals surface area contributed by atoms with E-state index in [0.29, 0.717) is 23.8 Å². The number of nitrogens with one attached hydrogen (secondary N) is 1. The van der Waals surface area contributed by atoms with Crippen LogP contribution in [0.3, 0.4) is 0 Å². The summed E-state index contributed by atoms with van der Waals surface area (Å²) in [7, 11) is 0. The number of para-hydroxylation sites is 2. The number of ether oxygens (including phenoxy) is 2. The lowest BCUT2D eigenvalue weighted by Crippen LogP contribution is -2.14. The van der Waals surface area contributed by atoms with E-state index >= 15 is 0 Å². The van der Waals surface area contributed by atoms with Crippen LogP contribution in [0.2, 0.25) is 0 Å². The van der Waals surface area contributed by atoms with Crippen LogP contribution in [-0.2, 0) is 0 Å². The van der Waals surface area contributed by atoms with Crippen LogP contribution in [0.1, 0.15) is 24.2 Å². The summed E-state index contributed by atoms with van der Waals surface area (Å²) in [5, 5.41) is 2.57. The highest BCUT2D eigenvalue weighted by Crippen LogP contribution is 2.26. The number of benzene rings is 2. The molecule has 1 amide bonds. The minimum absolute atomic E-state index is 0.0898. The Morgan fingerprint density at radius 3 is 2.58 bits per heavy atom. The Morgan fingerprint density at radius 1 is 1.12 bits per heavy atom. The first kappa shape index (κ1) is 17.7. The molecule has 0 saturated heterocycles. The number of alkyl halides is 2. The number of carbonyl (C=O) groups is 1. The fourth-order valence-electron chi connectivity index (χ4n) is 1.95. The Morgan fingerprint density at radius 2 is 1.88 bits per heavy atom. The van der Waals surface area contributed by atoms with Crippen LogP contribution in [0.25, 0.3) is 0 Å². The number of hydrogen-bond acceptors (Lipinski definition) is 3. The van der Waals surface area contributed by atoms with Crippen LogP contribution >= 0.6 is 0 Å². The highest BCUT2D eigenvalue weighted by atomic mass is 19.3. The molecule has 2 aromatic carbocycles. The normalized spacial score (nSPS) is 10.8. The third-order valence-corrected chi connectivity index (χ3v) is 3.03. The van der Waals surface area contributed by atoms with Crippen LogP contribution in [0.5, 0.6) is 11.5 Å². The maximum atomic E-state index is 12.4. The summed E-state index contributed by atoms with van der Waals surface area (Å²) in [4.78, 5) is 12.3. The van der Waals surface area contributed by atoms with E-state index in [1.165, 1.54) is 12.1 Å². The van der Waals surface area contributed by atoms with E-state index in [1.807, 2.05) is 13.8 Å². The number of amides is 1. The van der Waals surface area contributed by atoms with Gasteiger partial charge in [-0.1, -0.05) is 32.0 Å². The minimum Gasteiger partial charge on any atom is -0.493 e. The van der Waals surface area contributed by atoms with Gasteiger partial charge < -0.3 is 14.8 Å². The van der Waals surface area contributed by atoms with Gasteiger partial charge in [-0.3, -0.25) is 4.79 Å². The van der Waals surface area contributed by atoms with Gasteiger partial charge >= 0.3 is 6.61 Å². The van der Waals surface area contributed by atoms with Gasteiger partial charge in [0.2, 0.25) is 0 Å². The predicted molar refractivity (Wildman–Crippen MR) is 87.8 cm³/mol. The predicted octanol–water partition coefficient (Wildman–Crippen LogP) is 4.58. The lowest BCUT2D eigenvalue weighted by atomic mass is 10.2. The first-order valence-corrected chi connectivity index (χ1v) is 7.53. The van der Waals surface area contributed by atoms with E-state index in [4.69, 9.17) is 4.74 Å². The van der Waals surface area contributed by atoms with Gasteiger partial charge in [-0.2, -0.15) is 8.78 Å². The molecule has 0 aliphatic rings. The van der Waals surface area contributed by atoms with E-state index < -0.39 is 12.5 Å². The molecule has 24 heavy (non-hydrogen) atoms. The van der Waals surface area contributed by atoms with Gasteiger partial charge in [0.15, 0.2) is 0 Å². The molecule has 0 aliphatic carbocycles. The molecular weight excluding hydrogens is 316 g/mol. The average molecular weight is 335 g/mol. The van der Waals surface area contributed by atoms with Crippen molar-refractivity contribution in [3.8, 4) is 11.5 Å². The molecule has 0 saturated carbocycles. The number of anilines is 1. The zero-order valence-electron chi connectivity index (χ0n) is 13.5. The van der Waals surface area contributed by atoms with E-state index in [-0.39, 0.29) is 11.4 Å². The zero-order chi connectivity index (χ0) is 17.5. The first-order valence-electron chi connectivity index (χ1n) is 7.53. The van der Waals surface area contributed by atoms with Crippen molar-refractivity contribution >= 4 is 11.6 Å². The summed E-state index contributed by atoms with van der Waals surface area (Å²) in [5.41, 5.74) is 0.541. The highest BCUT2D eigenvalue weighted by molar-refractivity contribution is 6.05. The topological polar surface area (TPSA) is 47.6 Å². The monoisotopic (exact) mass is 335 g/mol. The molecule has 0 heterocycles. The Balaban J connectivity index is 2.11. The fraction of sp³-hybridized carbons (Fsp3) is 0.278. The summed E-state index contributed by atoms with van der Waals surface area (Å²) in [5.74, 6) is 0.415. The second-order valence-electron chi connectivity index (χ2n) is 5.56. The molecule has 4 nitrogen and oxygen atoms in total. The molecule has 2 rings (SSSR count). The highest BCUT2D eigenvalue weighted by Gasteiger charge is 2.13. The zero-order valence-corrected chi connectivity index (χ0v) is 13.5. The van der Waals surface area contributed by atoms with E-state index in [2.05, 4.69) is 10.1 Å². The molecule has 0 unspecified atom stereocenters. The maximum absolute atomic E-state index is 12.4. The minimum atomic E-state index is -2.96. The molecule has 0 fully saturated rings. The Kier molecular flexibility index (Phi) is 6.12. The molecule has 1 N–H and O–H groups in total. The molecule has 128 valence electrons. The summed E-state index contributed by atoms with van der Waals surface area (Å²) < 4.78 is 34.8. The molecule has 0 aromatic heterocycles. The smallest absolute Gasteiger partial charge is 0.387 e. The van der Waals surface area contributed by atoms with Crippen LogP contribution in [0.4, 0.5) is 14.5 Å². The van der Waals surface area contributed by atoms with Crippen molar-refractivity contribution < 1.29 is 23.0 Å². The molecule has 0 radical (unpaired) electrons. The van der Waals surface area contributed by atoms with Gasteiger partial charge in [-0.05, 0) is 36.2 Å². The molecule has 0 atom stereocenters. The lowest BCUT2D eigenvalue weighted by molar-refractivity contribution is -0.0493. The van der Waals surface area contributed by atoms with Crippen LogP contribution in [0, 0.1) is 5.92 Å². The quantitative estimate of drug-likeness (QED) is 0.806. The largest absolute Gasteiger partial charge is 0.493 e. The van der Waals surface area contributed by atoms with E-state index in [0.717, 1.165) is 0 Å². The standard InChI is InChI=1S/C18H19F2NO3/c1-12(2)11-23-14-7-5-6-13(10-14)17(22)21-15-8-3-4-9-16(15)24-18(19)20/h3-10,12,18H,11H2,1-2H3,(H,21,22). The molecule has 2 aromatic rings. The molecule has 6 heteroatoms. The summed E-state index contributed by atoms with van der Waals surface area (Å²) in [6.45, 7) is 1.62. The number of hydrogen-bond donors (Lipinski definition) is 1. The second kappa shape index (κ2) is 8.29. The first-order chi connectivity index (χ1) is 11.5. The summed E-state index contributed by atoms with van der Waals surface area (Å²) in [6.07, 6.45) is 0. The third kappa shape index (κ3) is 5.22. The molecule has 0 spiro atoms. The number of rotatable bonds is 7. The van der Waals surface area contributed by atoms with Gasteiger partial charge in [-0.15, -0.1) is 0 Å². The Hall–Kier alpha value is -2.63. The van der Waals surface area contributed by atoms with Crippen LogP contribution < -0.4 is 14.8 Å². The Labute approximate surface area is 139 Å². The number of halogens is 2. The third-order valence-electron chi connectivity index (χ3n) is 3.03. The van der Waals surface area contributed by atoms with Gasteiger partial charge in [-0.25, -0.2) is 0 Å². The SMILES string of the molecule is CC(C)COc1cccc(C(=O)Nc2ccccc2OC(F)F)c1. The van der Waals surface area contributed by atoms with Gasteiger partial charge in [0.1, 0.15) is 11.5 Å². The van der Waals surface area contributed by atoms with Crippen LogP contribution in [-0.4, -0.2) is 19.1 Å².